The molecule has 0 spiro atoms. The topological polar surface area (TPSA) is 78.7 Å². The van der Waals surface area contributed by atoms with E-state index in [1.807, 2.05) is 6.92 Å². The zero-order valence-electron chi connectivity index (χ0n) is 11.5. The van der Waals surface area contributed by atoms with Gasteiger partial charge in [0.2, 0.25) is 5.91 Å². The van der Waals surface area contributed by atoms with E-state index >= 15 is 0 Å². The van der Waals surface area contributed by atoms with Gasteiger partial charge in [-0.2, -0.15) is 5.26 Å². The summed E-state index contributed by atoms with van der Waals surface area (Å²) in [4.78, 5) is 20.0. The van der Waals surface area contributed by atoms with Gasteiger partial charge >= 0.3 is 0 Å². The Hall–Kier alpha value is -2.39. The van der Waals surface area contributed by atoms with Crippen molar-refractivity contribution in [2.45, 2.75) is 18.4 Å². The lowest BCUT2D eigenvalue weighted by Crippen LogP contribution is -2.12. The average Bonchev–Trinajstić information content (AvgIpc) is 2.48. The first-order valence-corrected chi connectivity index (χ1v) is 7.38. The SMILES string of the molecule is Cc1ccc(C#N)c(SCCC(=O)Nc2cccnc2)n1. The molecule has 0 aromatic carbocycles. The summed E-state index contributed by atoms with van der Waals surface area (Å²) in [5.74, 6) is 0.485. The summed E-state index contributed by atoms with van der Waals surface area (Å²) in [6, 6.07) is 9.21. The largest absolute Gasteiger partial charge is 0.325 e. The fourth-order valence-corrected chi connectivity index (χ4v) is 2.59. The maximum atomic E-state index is 11.8. The Morgan fingerprint density at radius 3 is 3.00 bits per heavy atom. The van der Waals surface area contributed by atoms with Crippen LogP contribution in [0, 0.1) is 18.3 Å². The third kappa shape index (κ3) is 4.58. The van der Waals surface area contributed by atoms with Gasteiger partial charge in [0.1, 0.15) is 11.1 Å². The molecule has 0 aliphatic heterocycles. The number of carbonyl (C=O) groups excluding carboxylic acids is 1. The van der Waals surface area contributed by atoms with Gasteiger partial charge in [0, 0.05) is 24.1 Å². The number of rotatable bonds is 5. The standard InChI is InChI=1S/C15H14N4OS/c1-11-4-5-12(9-16)15(18-11)21-8-6-14(20)19-13-3-2-7-17-10-13/h2-5,7,10H,6,8H2,1H3,(H,19,20). The lowest BCUT2D eigenvalue weighted by Gasteiger charge is -2.05. The number of nitrogens with one attached hydrogen (secondary N) is 1. The van der Waals surface area contributed by atoms with Crippen LogP contribution in [0.4, 0.5) is 5.69 Å². The third-order valence-corrected chi connectivity index (χ3v) is 3.63. The van der Waals surface area contributed by atoms with Crippen molar-refractivity contribution in [1.29, 1.82) is 5.26 Å². The molecule has 0 aliphatic carbocycles. The lowest BCUT2D eigenvalue weighted by atomic mass is 10.3. The molecule has 0 aliphatic rings. The summed E-state index contributed by atoms with van der Waals surface area (Å²) < 4.78 is 0. The first-order chi connectivity index (χ1) is 10.2. The maximum Gasteiger partial charge on any atom is 0.225 e. The molecule has 2 rings (SSSR count). The number of nitriles is 1. The van der Waals surface area contributed by atoms with Crippen LogP contribution in [-0.4, -0.2) is 21.6 Å². The highest BCUT2D eigenvalue weighted by Gasteiger charge is 2.07. The number of carbonyl (C=O) groups is 1. The number of aromatic nitrogens is 2. The van der Waals surface area contributed by atoms with Crippen molar-refractivity contribution in [1.82, 2.24) is 9.97 Å². The zero-order valence-corrected chi connectivity index (χ0v) is 12.4. The molecule has 2 aromatic heterocycles. The molecule has 0 atom stereocenters. The van der Waals surface area contributed by atoms with Gasteiger partial charge < -0.3 is 5.32 Å². The van der Waals surface area contributed by atoms with Crippen LogP contribution in [0.2, 0.25) is 0 Å². The molecule has 0 bridgehead atoms. The van der Waals surface area contributed by atoms with E-state index in [9.17, 15) is 4.79 Å². The van der Waals surface area contributed by atoms with Crippen molar-refractivity contribution < 1.29 is 4.79 Å². The van der Waals surface area contributed by atoms with E-state index in [0.29, 0.717) is 28.5 Å². The highest BCUT2D eigenvalue weighted by molar-refractivity contribution is 7.99. The van der Waals surface area contributed by atoms with Crippen LogP contribution >= 0.6 is 11.8 Å². The van der Waals surface area contributed by atoms with Gasteiger partial charge in [-0.3, -0.25) is 9.78 Å². The van der Waals surface area contributed by atoms with Gasteiger partial charge in [0.25, 0.3) is 0 Å². The van der Waals surface area contributed by atoms with Crippen LogP contribution in [0.5, 0.6) is 0 Å². The second-order valence-corrected chi connectivity index (χ2v) is 5.39. The van der Waals surface area contributed by atoms with Crippen molar-refractivity contribution in [2.24, 2.45) is 0 Å². The third-order valence-electron chi connectivity index (χ3n) is 2.63. The maximum absolute atomic E-state index is 11.8. The molecule has 1 amide bonds. The van der Waals surface area contributed by atoms with E-state index in [-0.39, 0.29) is 5.91 Å². The van der Waals surface area contributed by atoms with Gasteiger partial charge in [-0.15, -0.1) is 11.8 Å². The average molecular weight is 298 g/mol. The van der Waals surface area contributed by atoms with Crippen molar-refractivity contribution in [2.75, 3.05) is 11.1 Å². The van der Waals surface area contributed by atoms with Crippen molar-refractivity contribution in [3.05, 3.63) is 47.9 Å². The Labute approximate surface area is 127 Å². The number of hydrogen-bond donors (Lipinski definition) is 1. The summed E-state index contributed by atoms with van der Waals surface area (Å²) in [6.45, 7) is 1.88. The Morgan fingerprint density at radius 1 is 1.43 bits per heavy atom. The molecule has 2 heterocycles. The number of thioether (sulfide) groups is 1. The van der Waals surface area contributed by atoms with Gasteiger partial charge in [-0.1, -0.05) is 0 Å². The van der Waals surface area contributed by atoms with Crippen LogP contribution < -0.4 is 5.32 Å². The van der Waals surface area contributed by atoms with Crippen molar-refractivity contribution in [3.63, 3.8) is 0 Å². The van der Waals surface area contributed by atoms with Gasteiger partial charge in [-0.25, -0.2) is 4.98 Å². The highest BCUT2D eigenvalue weighted by atomic mass is 32.2. The molecule has 0 unspecified atom stereocenters. The van der Waals surface area contributed by atoms with E-state index in [0.717, 1.165) is 5.69 Å². The molecule has 1 N–H and O–H groups in total. The van der Waals surface area contributed by atoms with E-state index in [4.69, 9.17) is 5.26 Å². The Morgan fingerprint density at radius 2 is 2.29 bits per heavy atom. The highest BCUT2D eigenvalue weighted by Crippen LogP contribution is 2.21. The lowest BCUT2D eigenvalue weighted by molar-refractivity contribution is -0.115. The zero-order chi connectivity index (χ0) is 15.1. The van der Waals surface area contributed by atoms with Gasteiger partial charge in [0.05, 0.1) is 17.4 Å². The first kappa shape index (κ1) is 15.0. The van der Waals surface area contributed by atoms with Crippen LogP contribution in [0.1, 0.15) is 17.7 Å². The minimum Gasteiger partial charge on any atom is -0.325 e. The molecule has 0 saturated carbocycles. The minimum atomic E-state index is -0.0818. The van der Waals surface area contributed by atoms with Crippen molar-refractivity contribution >= 4 is 23.4 Å². The molecule has 6 heteroatoms. The van der Waals surface area contributed by atoms with Crippen LogP contribution in [0.25, 0.3) is 0 Å². The summed E-state index contributed by atoms with van der Waals surface area (Å²) >= 11 is 1.41. The van der Waals surface area contributed by atoms with Crippen LogP contribution in [-0.2, 0) is 4.79 Å². The fraction of sp³-hybridized carbons (Fsp3) is 0.200. The normalized spacial score (nSPS) is 9.90. The Balaban J connectivity index is 1.86. The predicted molar refractivity (Wildman–Crippen MR) is 81.9 cm³/mol. The summed E-state index contributed by atoms with van der Waals surface area (Å²) in [5, 5.41) is 12.5. The molecule has 0 saturated heterocycles. The molecule has 0 fully saturated rings. The van der Waals surface area contributed by atoms with E-state index in [2.05, 4.69) is 21.4 Å². The summed E-state index contributed by atoms with van der Waals surface area (Å²) in [5.41, 5.74) is 2.08. The second kappa shape index (κ2) is 7.41. The molecule has 106 valence electrons. The quantitative estimate of drug-likeness (QED) is 0.859. The van der Waals surface area contributed by atoms with E-state index in [1.54, 1.807) is 36.7 Å². The second-order valence-electron chi connectivity index (χ2n) is 4.31. The number of amides is 1. The number of anilines is 1. The summed E-state index contributed by atoms with van der Waals surface area (Å²) in [7, 11) is 0. The first-order valence-electron chi connectivity index (χ1n) is 6.39. The number of nitrogens with zero attached hydrogens (tertiary/aromatic N) is 3. The number of hydrogen-bond acceptors (Lipinski definition) is 5. The van der Waals surface area contributed by atoms with Gasteiger partial charge in [0.15, 0.2) is 0 Å². The number of pyridine rings is 2. The minimum absolute atomic E-state index is 0.0818. The predicted octanol–water partition coefficient (Wildman–Crippen LogP) is 2.78. The van der Waals surface area contributed by atoms with Crippen LogP contribution in [0.15, 0.2) is 41.7 Å². The van der Waals surface area contributed by atoms with E-state index in [1.165, 1.54) is 11.8 Å². The molecule has 0 radical (unpaired) electrons. The fourth-order valence-electron chi connectivity index (χ4n) is 1.63. The smallest absolute Gasteiger partial charge is 0.225 e. The molecule has 21 heavy (non-hydrogen) atoms. The van der Waals surface area contributed by atoms with Gasteiger partial charge in [-0.05, 0) is 31.2 Å². The molecule has 5 nitrogen and oxygen atoms in total. The monoisotopic (exact) mass is 298 g/mol. The van der Waals surface area contributed by atoms with E-state index < -0.39 is 0 Å². The molecular formula is C15H14N4OS. The van der Waals surface area contributed by atoms with Crippen molar-refractivity contribution in [3.8, 4) is 6.07 Å². The summed E-state index contributed by atoms with van der Waals surface area (Å²) in [6.07, 6.45) is 3.60. The Bertz CT molecular complexity index is 667. The number of aryl methyl sites for hydroxylation is 1. The Kier molecular flexibility index (Phi) is 5.29. The van der Waals surface area contributed by atoms with Crippen LogP contribution in [0.3, 0.4) is 0 Å². The molecular weight excluding hydrogens is 284 g/mol. The molecule has 2 aromatic rings.